The van der Waals surface area contributed by atoms with Gasteiger partial charge in [-0.3, -0.25) is 0 Å². The van der Waals surface area contributed by atoms with Crippen LogP contribution in [0.2, 0.25) is 5.02 Å². The molecule has 0 amide bonds. The predicted molar refractivity (Wildman–Crippen MR) is 76.4 cm³/mol. The number of halogens is 1. The van der Waals surface area contributed by atoms with Crippen LogP contribution in [0.5, 0.6) is 0 Å². The molecule has 0 heterocycles. The summed E-state index contributed by atoms with van der Waals surface area (Å²) in [4.78, 5) is 7.50. The van der Waals surface area contributed by atoms with Crippen molar-refractivity contribution in [2.45, 2.75) is 11.8 Å². The summed E-state index contributed by atoms with van der Waals surface area (Å²) in [5.41, 5.74) is 16.5. The van der Waals surface area contributed by atoms with Crippen LogP contribution in [0, 0.1) is 6.92 Å². The van der Waals surface area contributed by atoms with Crippen molar-refractivity contribution in [2.24, 2.45) is 27.2 Å². The lowest BCUT2D eigenvalue weighted by atomic mass is 10.2. The number of guanidine groups is 2. The van der Waals surface area contributed by atoms with Crippen LogP contribution in [0.1, 0.15) is 5.56 Å². The third kappa shape index (κ3) is 4.11. The minimum atomic E-state index is -3.38. The van der Waals surface area contributed by atoms with Crippen LogP contribution in [0.3, 0.4) is 0 Å². The maximum atomic E-state index is 11.5. The van der Waals surface area contributed by atoms with Crippen molar-refractivity contribution in [3.63, 3.8) is 0 Å². The van der Waals surface area contributed by atoms with Gasteiger partial charge in [-0.25, -0.2) is 13.4 Å². The second-order valence-corrected chi connectivity index (χ2v) is 6.25. The van der Waals surface area contributed by atoms with E-state index in [1.165, 1.54) is 12.1 Å². The number of aryl methyl sites for hydroxylation is 1. The van der Waals surface area contributed by atoms with E-state index >= 15 is 0 Å². The molecule has 1 rings (SSSR count). The van der Waals surface area contributed by atoms with Gasteiger partial charge in [-0.05, 0) is 24.6 Å². The second kappa shape index (κ2) is 5.45. The zero-order valence-electron chi connectivity index (χ0n) is 10.4. The molecule has 0 unspecified atom stereocenters. The third-order valence-corrected chi connectivity index (χ3v) is 3.70. The summed E-state index contributed by atoms with van der Waals surface area (Å²) in [6, 6.07) is 2.76. The van der Waals surface area contributed by atoms with Gasteiger partial charge in [-0.2, -0.15) is 4.99 Å². The zero-order valence-corrected chi connectivity index (χ0v) is 12.0. The molecule has 0 saturated carbocycles. The van der Waals surface area contributed by atoms with E-state index in [4.69, 9.17) is 28.8 Å². The van der Waals surface area contributed by atoms with Crippen molar-refractivity contribution in [1.29, 1.82) is 0 Å². The molecule has 0 fully saturated rings. The van der Waals surface area contributed by atoms with Gasteiger partial charge in [0.15, 0.2) is 15.8 Å². The van der Waals surface area contributed by atoms with E-state index < -0.39 is 9.84 Å². The largest absolute Gasteiger partial charge is 0.370 e. The van der Waals surface area contributed by atoms with Gasteiger partial charge in [0.25, 0.3) is 0 Å². The Bertz CT molecular complexity index is 663. The van der Waals surface area contributed by atoms with Crippen molar-refractivity contribution < 1.29 is 8.42 Å². The fourth-order valence-corrected chi connectivity index (χ4v) is 2.16. The number of nitrogens with zero attached hydrogens (tertiary/aromatic N) is 2. The standard InChI is InChI=1S/C10H14ClN5O2S/c1-5-3-6(19(2,17)18)4-7(8(5)11)15-10(14)16-9(12)13/h3-4H,1-2H3,(H6,12,13,14,15,16). The number of hydrogen-bond acceptors (Lipinski definition) is 3. The molecule has 0 aliphatic rings. The zero-order chi connectivity index (χ0) is 14.8. The lowest BCUT2D eigenvalue weighted by Gasteiger charge is -2.06. The first-order valence-electron chi connectivity index (χ1n) is 5.05. The van der Waals surface area contributed by atoms with E-state index in [1.54, 1.807) is 6.92 Å². The Morgan fingerprint density at radius 1 is 1.26 bits per heavy atom. The van der Waals surface area contributed by atoms with E-state index in [2.05, 4.69) is 9.98 Å². The summed E-state index contributed by atoms with van der Waals surface area (Å²) in [5.74, 6) is -0.472. The van der Waals surface area contributed by atoms with E-state index in [0.717, 1.165) is 6.26 Å². The Labute approximate surface area is 116 Å². The highest BCUT2D eigenvalue weighted by molar-refractivity contribution is 7.90. The summed E-state index contributed by atoms with van der Waals surface area (Å²) in [6.45, 7) is 1.66. The topological polar surface area (TPSA) is 137 Å². The van der Waals surface area contributed by atoms with Gasteiger partial charge in [0.05, 0.1) is 15.6 Å². The number of rotatable bonds is 2. The summed E-state index contributed by atoms with van der Waals surface area (Å²) >= 11 is 6.03. The first-order chi connectivity index (χ1) is 8.61. The van der Waals surface area contributed by atoms with Gasteiger partial charge in [-0.1, -0.05) is 11.6 Å². The molecule has 6 N–H and O–H groups in total. The molecule has 0 bridgehead atoms. The van der Waals surface area contributed by atoms with Crippen LogP contribution in [-0.4, -0.2) is 26.6 Å². The molecule has 1 aromatic rings. The van der Waals surface area contributed by atoms with E-state index in [-0.39, 0.29) is 27.5 Å². The minimum absolute atomic E-state index is 0.0886. The summed E-state index contributed by atoms with van der Waals surface area (Å²) < 4.78 is 23.0. The quantitative estimate of drug-likeness (QED) is 0.532. The summed E-state index contributed by atoms with van der Waals surface area (Å²) in [5, 5.41) is 0.279. The van der Waals surface area contributed by atoms with E-state index in [0.29, 0.717) is 5.56 Å². The number of sulfone groups is 1. The van der Waals surface area contributed by atoms with E-state index in [9.17, 15) is 8.42 Å². The highest BCUT2D eigenvalue weighted by Gasteiger charge is 2.13. The Morgan fingerprint density at radius 2 is 1.84 bits per heavy atom. The molecule has 0 aliphatic heterocycles. The SMILES string of the molecule is Cc1cc(S(C)(=O)=O)cc(N=C(N)N=C(N)N)c1Cl. The van der Waals surface area contributed by atoms with Crippen molar-refractivity contribution in [2.75, 3.05) is 6.26 Å². The average Bonchev–Trinajstić information content (AvgIpc) is 2.21. The predicted octanol–water partition coefficient (Wildman–Crippen LogP) is 0.272. The smallest absolute Gasteiger partial charge is 0.223 e. The molecule has 0 aromatic heterocycles. The molecule has 0 atom stereocenters. The van der Waals surface area contributed by atoms with Gasteiger partial charge in [0.1, 0.15) is 0 Å². The molecular formula is C10H14ClN5O2S. The molecule has 0 spiro atoms. The number of nitrogens with two attached hydrogens (primary N) is 3. The van der Waals surface area contributed by atoms with Crippen LogP contribution in [0.15, 0.2) is 27.0 Å². The Morgan fingerprint density at radius 3 is 2.32 bits per heavy atom. The average molecular weight is 304 g/mol. The molecular weight excluding hydrogens is 290 g/mol. The highest BCUT2D eigenvalue weighted by Crippen LogP contribution is 2.31. The summed E-state index contributed by atoms with van der Waals surface area (Å²) in [7, 11) is -3.38. The van der Waals surface area contributed by atoms with Crippen LogP contribution in [0.25, 0.3) is 0 Å². The first kappa shape index (κ1) is 15.3. The van der Waals surface area contributed by atoms with Crippen LogP contribution < -0.4 is 17.2 Å². The Balaban J connectivity index is 3.44. The lowest BCUT2D eigenvalue weighted by molar-refractivity contribution is 0.602. The summed E-state index contributed by atoms with van der Waals surface area (Å²) in [6.07, 6.45) is 1.09. The van der Waals surface area contributed by atoms with Gasteiger partial charge < -0.3 is 17.2 Å². The van der Waals surface area contributed by atoms with Gasteiger partial charge >= 0.3 is 0 Å². The van der Waals surface area contributed by atoms with Crippen LogP contribution in [0.4, 0.5) is 5.69 Å². The molecule has 104 valence electrons. The molecule has 1 aromatic carbocycles. The molecule has 0 saturated heterocycles. The van der Waals surface area contributed by atoms with E-state index in [1.807, 2.05) is 0 Å². The van der Waals surface area contributed by atoms with Gasteiger partial charge in [0, 0.05) is 6.26 Å². The fourth-order valence-electron chi connectivity index (χ4n) is 1.29. The van der Waals surface area contributed by atoms with Crippen molar-refractivity contribution >= 4 is 39.0 Å². The lowest BCUT2D eigenvalue weighted by Crippen LogP contribution is -2.26. The van der Waals surface area contributed by atoms with Gasteiger partial charge in [0.2, 0.25) is 5.96 Å². The second-order valence-electron chi connectivity index (χ2n) is 3.85. The van der Waals surface area contributed by atoms with Gasteiger partial charge in [-0.15, -0.1) is 0 Å². The van der Waals surface area contributed by atoms with Crippen molar-refractivity contribution in [1.82, 2.24) is 0 Å². The first-order valence-corrected chi connectivity index (χ1v) is 7.32. The van der Waals surface area contributed by atoms with Crippen LogP contribution in [-0.2, 0) is 9.84 Å². The Kier molecular flexibility index (Phi) is 4.38. The number of aliphatic imine (C=N–C) groups is 2. The van der Waals surface area contributed by atoms with Crippen LogP contribution >= 0.6 is 11.6 Å². The van der Waals surface area contributed by atoms with Crippen molar-refractivity contribution in [3.8, 4) is 0 Å². The molecule has 19 heavy (non-hydrogen) atoms. The molecule has 0 radical (unpaired) electrons. The molecule has 9 heteroatoms. The third-order valence-electron chi connectivity index (χ3n) is 2.12. The maximum Gasteiger partial charge on any atom is 0.223 e. The number of hydrogen-bond donors (Lipinski definition) is 3. The Hall–Kier alpha value is -1.80. The number of benzene rings is 1. The molecule has 0 aliphatic carbocycles. The normalized spacial score (nSPS) is 12.3. The maximum absolute atomic E-state index is 11.5. The minimum Gasteiger partial charge on any atom is -0.370 e. The van der Waals surface area contributed by atoms with Crippen molar-refractivity contribution in [3.05, 3.63) is 22.7 Å². The molecule has 7 nitrogen and oxygen atoms in total. The monoisotopic (exact) mass is 303 g/mol. The highest BCUT2D eigenvalue weighted by atomic mass is 35.5. The fraction of sp³-hybridized carbons (Fsp3) is 0.200.